The van der Waals surface area contributed by atoms with Crippen molar-refractivity contribution < 1.29 is 14.3 Å². The Morgan fingerprint density at radius 3 is 2.85 bits per heavy atom. The van der Waals surface area contributed by atoms with Gasteiger partial charge in [-0.25, -0.2) is 14.8 Å². The molecule has 20 heavy (non-hydrogen) atoms. The van der Waals surface area contributed by atoms with E-state index in [-0.39, 0.29) is 17.5 Å². The number of carbonyl (C=O) groups excluding carboxylic acids is 1. The van der Waals surface area contributed by atoms with Crippen LogP contribution in [-0.4, -0.2) is 35.3 Å². The molecule has 6 heteroatoms. The summed E-state index contributed by atoms with van der Waals surface area (Å²) in [7, 11) is 0. The maximum absolute atomic E-state index is 11.8. The minimum absolute atomic E-state index is 0.149. The van der Waals surface area contributed by atoms with Crippen molar-refractivity contribution in [2.24, 2.45) is 0 Å². The number of hydrogen-bond donors (Lipinski definition) is 1. The smallest absolute Gasteiger partial charge is 0.343 e. The fourth-order valence-electron chi connectivity index (χ4n) is 2.37. The van der Waals surface area contributed by atoms with E-state index < -0.39 is 5.97 Å². The fourth-order valence-corrected chi connectivity index (χ4v) is 2.37. The maximum Gasteiger partial charge on any atom is 0.343 e. The van der Waals surface area contributed by atoms with Crippen LogP contribution in [0.15, 0.2) is 0 Å². The third-order valence-electron chi connectivity index (χ3n) is 3.33. The summed E-state index contributed by atoms with van der Waals surface area (Å²) in [5.74, 6) is 0.338. The van der Waals surface area contributed by atoms with Crippen LogP contribution in [-0.2, 0) is 15.9 Å². The zero-order valence-electron chi connectivity index (χ0n) is 12.0. The molecule has 110 valence electrons. The first kappa shape index (κ1) is 14.7. The second-order valence-electron chi connectivity index (χ2n) is 4.90. The Bertz CT molecular complexity index is 462. The molecule has 1 aromatic rings. The summed E-state index contributed by atoms with van der Waals surface area (Å²) in [6.45, 7) is 4.59. The van der Waals surface area contributed by atoms with Crippen LogP contribution in [0, 0.1) is 6.92 Å². The summed E-state index contributed by atoms with van der Waals surface area (Å²) in [6, 6.07) is 0. The Balaban J connectivity index is 2.14. The molecule has 2 heterocycles. The summed E-state index contributed by atoms with van der Waals surface area (Å²) in [5.41, 5.74) is 6.69. The molecule has 0 spiro atoms. The molecule has 1 atom stereocenters. The van der Waals surface area contributed by atoms with E-state index in [0.717, 1.165) is 19.4 Å². The highest BCUT2D eigenvalue weighted by atomic mass is 16.5. The predicted molar refractivity (Wildman–Crippen MR) is 74.4 cm³/mol. The molecule has 1 aliphatic heterocycles. The van der Waals surface area contributed by atoms with Crippen LogP contribution in [0.5, 0.6) is 0 Å². The molecule has 1 saturated heterocycles. The molecule has 2 N–H and O–H groups in total. The lowest BCUT2D eigenvalue weighted by molar-refractivity contribution is 0.0156. The van der Waals surface area contributed by atoms with Gasteiger partial charge in [0.15, 0.2) is 0 Å². The van der Waals surface area contributed by atoms with E-state index in [1.54, 1.807) is 13.8 Å². The summed E-state index contributed by atoms with van der Waals surface area (Å²) in [4.78, 5) is 20.4. The molecular weight excluding hydrogens is 258 g/mol. The molecule has 0 saturated carbocycles. The third-order valence-corrected chi connectivity index (χ3v) is 3.33. The van der Waals surface area contributed by atoms with Crippen molar-refractivity contribution in [3.63, 3.8) is 0 Å². The normalized spacial score (nSPS) is 18.8. The van der Waals surface area contributed by atoms with E-state index in [9.17, 15) is 4.79 Å². The van der Waals surface area contributed by atoms with Gasteiger partial charge in [-0.3, -0.25) is 0 Å². The molecule has 6 nitrogen and oxygen atoms in total. The maximum atomic E-state index is 11.8. The number of nitrogens with zero attached hydrogens (tertiary/aromatic N) is 2. The van der Waals surface area contributed by atoms with Gasteiger partial charge in [-0.15, -0.1) is 0 Å². The number of esters is 1. The Labute approximate surface area is 118 Å². The van der Waals surface area contributed by atoms with Gasteiger partial charge >= 0.3 is 5.97 Å². The topological polar surface area (TPSA) is 87.3 Å². The highest BCUT2D eigenvalue weighted by Crippen LogP contribution is 2.19. The molecule has 2 rings (SSSR count). The first-order valence-electron chi connectivity index (χ1n) is 7.03. The van der Waals surface area contributed by atoms with Gasteiger partial charge in [-0.2, -0.15) is 0 Å². The molecule has 1 aromatic heterocycles. The summed E-state index contributed by atoms with van der Waals surface area (Å²) in [6.07, 6.45) is 4.08. The first-order chi connectivity index (χ1) is 9.61. The van der Waals surface area contributed by atoms with Gasteiger partial charge < -0.3 is 15.2 Å². The number of rotatable bonds is 4. The van der Waals surface area contributed by atoms with Crippen LogP contribution < -0.4 is 5.73 Å². The van der Waals surface area contributed by atoms with E-state index in [4.69, 9.17) is 15.2 Å². The fraction of sp³-hybridized carbons (Fsp3) is 0.643. The SMILES string of the molecule is CCOC(=O)c1c(C)nc(CC2CCCCO2)nc1N. The van der Waals surface area contributed by atoms with Gasteiger partial charge in [0, 0.05) is 13.0 Å². The number of anilines is 1. The average molecular weight is 279 g/mol. The van der Waals surface area contributed by atoms with Crippen molar-refractivity contribution >= 4 is 11.8 Å². The Morgan fingerprint density at radius 1 is 1.45 bits per heavy atom. The molecule has 0 aromatic carbocycles. The lowest BCUT2D eigenvalue weighted by Gasteiger charge is -2.22. The Kier molecular flexibility index (Phi) is 4.89. The highest BCUT2D eigenvalue weighted by molar-refractivity contribution is 5.95. The number of aromatic nitrogens is 2. The minimum Gasteiger partial charge on any atom is -0.462 e. The highest BCUT2D eigenvalue weighted by Gasteiger charge is 2.20. The van der Waals surface area contributed by atoms with E-state index in [1.807, 2.05) is 0 Å². The van der Waals surface area contributed by atoms with Crippen molar-refractivity contribution in [3.05, 3.63) is 17.1 Å². The second kappa shape index (κ2) is 6.65. The first-order valence-corrected chi connectivity index (χ1v) is 7.03. The number of hydrogen-bond acceptors (Lipinski definition) is 6. The zero-order chi connectivity index (χ0) is 14.5. The van der Waals surface area contributed by atoms with Crippen LogP contribution in [0.25, 0.3) is 0 Å². The predicted octanol–water partition coefficient (Wildman–Crippen LogP) is 1.66. The molecule has 1 fully saturated rings. The lowest BCUT2D eigenvalue weighted by Crippen LogP contribution is -2.23. The average Bonchev–Trinajstić information content (AvgIpc) is 2.39. The Morgan fingerprint density at radius 2 is 2.25 bits per heavy atom. The molecular formula is C14H21N3O3. The van der Waals surface area contributed by atoms with Gasteiger partial charge in [0.2, 0.25) is 0 Å². The van der Waals surface area contributed by atoms with E-state index >= 15 is 0 Å². The zero-order valence-corrected chi connectivity index (χ0v) is 12.0. The Hall–Kier alpha value is -1.69. The summed E-state index contributed by atoms with van der Waals surface area (Å²) in [5, 5.41) is 0. The quantitative estimate of drug-likeness (QED) is 0.843. The minimum atomic E-state index is -0.469. The number of nitrogen functional groups attached to an aromatic ring is 1. The van der Waals surface area contributed by atoms with Crippen molar-refractivity contribution in [2.75, 3.05) is 18.9 Å². The summed E-state index contributed by atoms with van der Waals surface area (Å²) < 4.78 is 10.6. The monoisotopic (exact) mass is 279 g/mol. The molecule has 0 radical (unpaired) electrons. The molecule has 0 bridgehead atoms. The largest absolute Gasteiger partial charge is 0.462 e. The van der Waals surface area contributed by atoms with Gasteiger partial charge in [-0.1, -0.05) is 0 Å². The van der Waals surface area contributed by atoms with E-state index in [1.165, 1.54) is 6.42 Å². The summed E-state index contributed by atoms with van der Waals surface area (Å²) >= 11 is 0. The lowest BCUT2D eigenvalue weighted by atomic mass is 10.1. The van der Waals surface area contributed by atoms with Gasteiger partial charge in [0.05, 0.1) is 18.4 Å². The molecule has 1 unspecified atom stereocenters. The van der Waals surface area contributed by atoms with Gasteiger partial charge in [-0.05, 0) is 33.1 Å². The third kappa shape index (κ3) is 3.45. The van der Waals surface area contributed by atoms with E-state index in [2.05, 4.69) is 9.97 Å². The van der Waals surface area contributed by atoms with Crippen molar-refractivity contribution in [3.8, 4) is 0 Å². The molecule has 0 amide bonds. The second-order valence-corrected chi connectivity index (χ2v) is 4.90. The number of ether oxygens (including phenoxy) is 2. The van der Waals surface area contributed by atoms with Gasteiger partial charge in [0.25, 0.3) is 0 Å². The standard InChI is InChI=1S/C14H21N3O3/c1-3-19-14(18)12-9(2)16-11(17-13(12)15)8-10-6-4-5-7-20-10/h10H,3-8H2,1-2H3,(H2,15,16,17). The van der Waals surface area contributed by atoms with Crippen molar-refractivity contribution in [1.82, 2.24) is 9.97 Å². The number of aryl methyl sites for hydroxylation is 1. The molecule has 0 aliphatic carbocycles. The van der Waals surface area contributed by atoms with Crippen LogP contribution in [0.3, 0.4) is 0 Å². The molecule has 1 aliphatic rings. The van der Waals surface area contributed by atoms with Crippen molar-refractivity contribution in [2.45, 2.75) is 45.6 Å². The number of carbonyl (C=O) groups is 1. The van der Waals surface area contributed by atoms with Crippen LogP contribution in [0.4, 0.5) is 5.82 Å². The number of nitrogens with two attached hydrogens (primary N) is 1. The van der Waals surface area contributed by atoms with Crippen LogP contribution in [0.2, 0.25) is 0 Å². The van der Waals surface area contributed by atoms with Crippen LogP contribution >= 0.6 is 0 Å². The van der Waals surface area contributed by atoms with Crippen LogP contribution in [0.1, 0.15) is 48.1 Å². The van der Waals surface area contributed by atoms with Gasteiger partial charge in [0.1, 0.15) is 17.2 Å². The van der Waals surface area contributed by atoms with Crippen molar-refractivity contribution in [1.29, 1.82) is 0 Å². The van der Waals surface area contributed by atoms with E-state index in [0.29, 0.717) is 24.5 Å².